The van der Waals surface area contributed by atoms with E-state index in [0.717, 1.165) is 58.4 Å². The van der Waals surface area contributed by atoms with E-state index in [4.69, 9.17) is 32.7 Å². The number of rotatable bonds is 8. The first-order chi connectivity index (χ1) is 23.6. The van der Waals surface area contributed by atoms with Gasteiger partial charge in [0, 0.05) is 86.3 Å². The number of carbonyl (C=O) groups excluding carboxylic acids is 4. The van der Waals surface area contributed by atoms with Crippen molar-refractivity contribution in [1.29, 1.82) is 0 Å². The van der Waals surface area contributed by atoms with E-state index in [1.54, 1.807) is 21.9 Å². The summed E-state index contributed by atoms with van der Waals surface area (Å²) in [5.74, 6) is 0.269. The lowest BCUT2D eigenvalue weighted by Gasteiger charge is -2.32. The van der Waals surface area contributed by atoms with Crippen LogP contribution in [0.4, 0.5) is 11.4 Å². The Hall–Kier alpha value is -4.14. The van der Waals surface area contributed by atoms with E-state index in [1.807, 2.05) is 48.5 Å². The molecule has 0 N–H and O–H groups in total. The highest BCUT2D eigenvalue weighted by Crippen LogP contribution is 2.51. The van der Waals surface area contributed by atoms with Gasteiger partial charge in [-0.05, 0) is 40.2 Å². The van der Waals surface area contributed by atoms with Crippen molar-refractivity contribution in [3.63, 3.8) is 0 Å². The number of alkyl halides is 2. The van der Waals surface area contributed by atoms with Gasteiger partial charge in [0.2, 0.25) is 11.8 Å². The van der Waals surface area contributed by atoms with Crippen molar-refractivity contribution in [2.75, 3.05) is 34.6 Å². The number of fused-ring (bicyclic) bond motifs is 6. The number of benzene rings is 4. The lowest BCUT2D eigenvalue weighted by atomic mass is 9.78. The molecule has 1 aliphatic carbocycles. The third-order valence-corrected chi connectivity index (χ3v) is 11.2. The van der Waals surface area contributed by atoms with Crippen LogP contribution in [0.1, 0.15) is 75.3 Å². The van der Waals surface area contributed by atoms with Crippen LogP contribution in [-0.4, -0.2) is 48.6 Å². The van der Waals surface area contributed by atoms with E-state index in [-0.39, 0.29) is 36.5 Å². The molecule has 0 aromatic heterocycles. The molecule has 2 amide bonds. The van der Waals surface area contributed by atoms with Crippen molar-refractivity contribution in [2.24, 2.45) is 5.41 Å². The van der Waals surface area contributed by atoms with Gasteiger partial charge in [-0.15, -0.1) is 23.2 Å². The smallest absolute Gasteiger partial charge is 0.308 e. The number of nitrogens with zero attached hydrogens (tertiary/aromatic N) is 2. The Balaban J connectivity index is 1.20. The molecule has 1 saturated carbocycles. The second-order valence-corrected chi connectivity index (χ2v) is 14.3. The molecule has 0 bridgehead atoms. The summed E-state index contributed by atoms with van der Waals surface area (Å²) in [6.07, 6.45) is 3.81. The quantitative estimate of drug-likeness (QED) is 0.104. The number of anilines is 2. The van der Waals surface area contributed by atoms with Gasteiger partial charge in [0.15, 0.2) is 0 Å². The van der Waals surface area contributed by atoms with Crippen LogP contribution in [0.5, 0.6) is 11.5 Å². The number of esters is 2. The van der Waals surface area contributed by atoms with Gasteiger partial charge >= 0.3 is 11.9 Å². The number of amides is 2. The van der Waals surface area contributed by atoms with Crippen molar-refractivity contribution in [3.8, 4) is 11.5 Å². The van der Waals surface area contributed by atoms with Gasteiger partial charge in [0.25, 0.3) is 0 Å². The summed E-state index contributed by atoms with van der Waals surface area (Å²) in [4.78, 5) is 56.4. The van der Waals surface area contributed by atoms with Crippen LogP contribution in [0.15, 0.2) is 60.7 Å². The minimum atomic E-state index is -0.516. The summed E-state index contributed by atoms with van der Waals surface area (Å²) in [6.45, 7) is 3.55. The molecule has 10 heteroatoms. The number of hydrogen-bond acceptors (Lipinski definition) is 6. The first-order valence-corrected chi connectivity index (χ1v) is 17.9. The standard InChI is InChI=1S/C39H38Cl2N2O6/c1-23(44)48-33-15-31-37(29-11-5-3-9-27(29)33)25(19-40)21-42(31)35(46)17-39(13-7-8-14-39)18-36(47)43-22-26(20-41)38-30-12-6-4-10-28(30)34(16-32(38)43)49-24(2)45/h3-6,9-12,15-16,25-26H,7-8,13-14,17-22H2,1-2H3/t25-,26-/m1/s1. The van der Waals surface area contributed by atoms with E-state index in [9.17, 15) is 19.2 Å². The summed E-state index contributed by atoms with van der Waals surface area (Å²) in [5, 5.41) is 3.41. The van der Waals surface area contributed by atoms with Crippen molar-refractivity contribution in [2.45, 2.75) is 64.2 Å². The molecule has 2 aliphatic heterocycles. The average molecular weight is 702 g/mol. The zero-order valence-corrected chi connectivity index (χ0v) is 29.1. The summed E-state index contributed by atoms with van der Waals surface area (Å²) in [6, 6.07) is 19.0. The zero-order chi connectivity index (χ0) is 34.4. The van der Waals surface area contributed by atoms with Crippen molar-refractivity contribution in [1.82, 2.24) is 0 Å². The molecule has 254 valence electrons. The van der Waals surface area contributed by atoms with Gasteiger partial charge < -0.3 is 19.3 Å². The van der Waals surface area contributed by atoms with Crippen LogP contribution < -0.4 is 19.3 Å². The van der Waals surface area contributed by atoms with E-state index >= 15 is 0 Å². The topological polar surface area (TPSA) is 93.2 Å². The molecule has 4 aromatic carbocycles. The van der Waals surface area contributed by atoms with Crippen molar-refractivity contribution in [3.05, 3.63) is 71.8 Å². The number of carbonyl (C=O) groups is 4. The van der Waals surface area contributed by atoms with Gasteiger partial charge in [0.1, 0.15) is 11.5 Å². The molecule has 0 spiro atoms. The van der Waals surface area contributed by atoms with Crippen LogP contribution in [0.3, 0.4) is 0 Å². The largest absolute Gasteiger partial charge is 0.426 e. The van der Waals surface area contributed by atoms with Crippen LogP contribution in [0, 0.1) is 5.41 Å². The Labute approximate surface area is 295 Å². The lowest BCUT2D eigenvalue weighted by Crippen LogP contribution is -2.39. The molecule has 0 unspecified atom stereocenters. The molecule has 3 aliphatic rings. The molecule has 4 aromatic rings. The highest BCUT2D eigenvalue weighted by atomic mass is 35.5. The highest BCUT2D eigenvalue weighted by Gasteiger charge is 2.44. The predicted molar refractivity (Wildman–Crippen MR) is 192 cm³/mol. The fraction of sp³-hybridized carbons (Fsp3) is 0.385. The molecule has 7 rings (SSSR count). The third-order valence-electron chi connectivity index (χ3n) is 10.5. The van der Waals surface area contributed by atoms with Crippen LogP contribution in [0.25, 0.3) is 21.5 Å². The Morgan fingerprint density at radius 3 is 1.43 bits per heavy atom. The van der Waals surface area contributed by atoms with Crippen molar-refractivity contribution >= 4 is 79.9 Å². The summed E-state index contributed by atoms with van der Waals surface area (Å²) < 4.78 is 11.2. The monoisotopic (exact) mass is 700 g/mol. The first kappa shape index (κ1) is 33.4. The predicted octanol–water partition coefficient (Wildman–Crippen LogP) is 8.22. The summed E-state index contributed by atoms with van der Waals surface area (Å²) >= 11 is 13.0. The van der Waals surface area contributed by atoms with E-state index < -0.39 is 17.4 Å². The first-order valence-electron chi connectivity index (χ1n) is 16.8. The third kappa shape index (κ3) is 6.03. The Kier molecular flexibility index (Phi) is 9.05. The second kappa shape index (κ2) is 13.3. The fourth-order valence-corrected chi connectivity index (χ4v) is 8.91. The zero-order valence-electron chi connectivity index (χ0n) is 27.6. The van der Waals surface area contributed by atoms with Gasteiger partial charge in [-0.25, -0.2) is 0 Å². The molecular formula is C39H38Cl2N2O6. The molecular weight excluding hydrogens is 663 g/mol. The lowest BCUT2D eigenvalue weighted by molar-refractivity contribution is -0.132. The molecule has 0 saturated heterocycles. The van der Waals surface area contributed by atoms with Crippen LogP contribution in [0.2, 0.25) is 0 Å². The SMILES string of the molecule is CC(=O)Oc1cc2c(c3ccccc13)[C@H](CCl)CN2C(=O)CC1(CC(=O)N2C[C@@H](CCl)c3c2cc(OC(C)=O)c2ccccc32)CCCC1. The Bertz CT molecular complexity index is 1870. The maximum absolute atomic E-state index is 14.4. The Morgan fingerprint density at radius 1 is 0.673 bits per heavy atom. The van der Waals surface area contributed by atoms with Gasteiger partial charge in [0.05, 0.1) is 11.4 Å². The number of hydrogen-bond donors (Lipinski definition) is 0. The van der Waals surface area contributed by atoms with Crippen LogP contribution in [-0.2, 0) is 19.2 Å². The molecule has 0 radical (unpaired) electrons. The van der Waals surface area contributed by atoms with E-state index in [0.29, 0.717) is 47.7 Å². The van der Waals surface area contributed by atoms with Gasteiger partial charge in [-0.1, -0.05) is 61.4 Å². The minimum absolute atomic E-state index is 0.0729. The average Bonchev–Trinajstić information content (AvgIpc) is 3.80. The van der Waals surface area contributed by atoms with Crippen LogP contribution >= 0.6 is 23.2 Å². The second-order valence-electron chi connectivity index (χ2n) is 13.7. The normalized spacial score (nSPS) is 19.3. The van der Waals surface area contributed by atoms with Crippen molar-refractivity contribution < 1.29 is 28.7 Å². The summed E-state index contributed by atoms with van der Waals surface area (Å²) in [7, 11) is 0. The fourth-order valence-electron chi connectivity index (χ4n) is 8.40. The molecule has 1 fully saturated rings. The molecule has 49 heavy (non-hydrogen) atoms. The van der Waals surface area contributed by atoms with Gasteiger partial charge in [-0.3, -0.25) is 19.2 Å². The minimum Gasteiger partial charge on any atom is -0.426 e. The van der Waals surface area contributed by atoms with Gasteiger partial charge in [-0.2, -0.15) is 0 Å². The maximum Gasteiger partial charge on any atom is 0.308 e. The van der Waals surface area contributed by atoms with E-state index in [2.05, 4.69) is 0 Å². The Morgan fingerprint density at radius 2 is 1.06 bits per heavy atom. The van der Waals surface area contributed by atoms with E-state index in [1.165, 1.54) is 13.8 Å². The molecule has 8 nitrogen and oxygen atoms in total. The number of halogens is 2. The number of ether oxygens (including phenoxy) is 2. The molecule has 2 atom stereocenters. The highest BCUT2D eigenvalue weighted by molar-refractivity contribution is 6.19. The maximum atomic E-state index is 14.4. The molecule has 2 heterocycles. The summed E-state index contributed by atoms with van der Waals surface area (Å²) in [5.41, 5.74) is 2.84.